The number of piperidine rings is 1. The molecule has 1 atom stereocenters. The third-order valence-electron chi connectivity index (χ3n) is 5.08. The molecule has 8 nitrogen and oxygen atoms in total. The van der Waals surface area contributed by atoms with Crippen molar-refractivity contribution in [2.75, 3.05) is 13.1 Å². The Morgan fingerprint density at radius 3 is 2.25 bits per heavy atom. The second-order valence-corrected chi connectivity index (χ2v) is 9.07. The van der Waals surface area contributed by atoms with Crippen LogP contribution in [0.4, 0.5) is 13.2 Å². The molecule has 1 heterocycles. The van der Waals surface area contributed by atoms with Gasteiger partial charge in [-0.3, -0.25) is 10.0 Å². The summed E-state index contributed by atoms with van der Waals surface area (Å²) in [5.41, 5.74) is 0.317. The number of hydrogen-bond donors (Lipinski definition) is 3. The molecule has 0 aromatic heterocycles. The normalized spacial score (nSPS) is 17.0. The smallest absolute Gasteiger partial charge is 0.416 e. The van der Waals surface area contributed by atoms with Crippen LogP contribution < -0.4 is 10.2 Å². The molecule has 0 aliphatic carbocycles. The van der Waals surface area contributed by atoms with Crippen molar-refractivity contribution < 1.29 is 41.4 Å². The van der Waals surface area contributed by atoms with Crippen LogP contribution in [0.15, 0.2) is 53.4 Å². The first-order chi connectivity index (χ1) is 15.0. The number of alkyl halides is 3. The number of ether oxygens (including phenoxy) is 1. The maximum Gasteiger partial charge on any atom is 0.416 e. The lowest BCUT2D eigenvalue weighted by Crippen LogP contribution is -2.42. The first-order valence-electron chi connectivity index (χ1n) is 9.59. The topological polar surface area (TPSA) is 116 Å². The minimum Gasteiger partial charge on any atom is -0.490 e. The van der Waals surface area contributed by atoms with Crippen LogP contribution in [0.5, 0.6) is 5.75 Å². The number of hydroxylamine groups is 1. The standard InChI is InChI=1S/C20H21F3N2O6S/c21-20(22,23)13-5-7-14(8-6-13)31-15-9-11-25(12-10-15)32(29,30)17-4-2-1-3-16(17)18(26)19(27)24-28/h1-8,15,18,26,28H,9-12H2,(H,24,27). The maximum absolute atomic E-state index is 13.1. The van der Waals surface area contributed by atoms with E-state index in [0.29, 0.717) is 12.8 Å². The largest absolute Gasteiger partial charge is 0.490 e. The van der Waals surface area contributed by atoms with Crippen LogP contribution in [0.1, 0.15) is 30.1 Å². The van der Waals surface area contributed by atoms with Crippen LogP contribution in [0.25, 0.3) is 0 Å². The predicted molar refractivity (Wildman–Crippen MR) is 105 cm³/mol. The van der Waals surface area contributed by atoms with E-state index in [9.17, 15) is 31.5 Å². The van der Waals surface area contributed by atoms with E-state index in [1.54, 1.807) is 0 Å². The van der Waals surface area contributed by atoms with E-state index >= 15 is 0 Å². The van der Waals surface area contributed by atoms with Gasteiger partial charge in [0.05, 0.1) is 10.5 Å². The molecule has 1 amide bonds. The van der Waals surface area contributed by atoms with Gasteiger partial charge in [-0.05, 0) is 43.2 Å². The van der Waals surface area contributed by atoms with E-state index in [4.69, 9.17) is 9.94 Å². The van der Waals surface area contributed by atoms with Crippen molar-refractivity contribution >= 4 is 15.9 Å². The number of halogens is 3. The van der Waals surface area contributed by atoms with Crippen LogP contribution in [-0.2, 0) is 21.0 Å². The van der Waals surface area contributed by atoms with Gasteiger partial charge in [0.25, 0.3) is 5.91 Å². The number of hydrogen-bond acceptors (Lipinski definition) is 6. The van der Waals surface area contributed by atoms with Gasteiger partial charge >= 0.3 is 6.18 Å². The fourth-order valence-corrected chi connectivity index (χ4v) is 5.09. The number of amides is 1. The zero-order chi connectivity index (χ0) is 23.5. The number of aliphatic hydroxyl groups is 1. The minimum atomic E-state index is -4.44. The van der Waals surface area contributed by atoms with E-state index in [2.05, 4.69) is 0 Å². The van der Waals surface area contributed by atoms with Crippen molar-refractivity contribution in [3.8, 4) is 5.75 Å². The number of rotatable bonds is 6. The lowest BCUT2D eigenvalue weighted by Gasteiger charge is -2.32. The Bertz CT molecular complexity index is 1050. The molecular formula is C20H21F3N2O6S. The Morgan fingerprint density at radius 2 is 1.69 bits per heavy atom. The van der Waals surface area contributed by atoms with Gasteiger partial charge in [0.2, 0.25) is 10.0 Å². The molecule has 2 aromatic carbocycles. The van der Waals surface area contributed by atoms with Gasteiger partial charge in [-0.15, -0.1) is 0 Å². The van der Waals surface area contributed by atoms with Crippen molar-refractivity contribution in [3.63, 3.8) is 0 Å². The van der Waals surface area contributed by atoms with Gasteiger partial charge in [0.1, 0.15) is 11.9 Å². The molecule has 1 unspecified atom stereocenters. The molecule has 3 N–H and O–H groups in total. The summed E-state index contributed by atoms with van der Waals surface area (Å²) in [4.78, 5) is 11.3. The molecule has 1 saturated heterocycles. The van der Waals surface area contributed by atoms with Gasteiger partial charge in [-0.25, -0.2) is 13.9 Å². The van der Waals surface area contributed by atoms with Crippen molar-refractivity contribution in [1.29, 1.82) is 0 Å². The molecular weight excluding hydrogens is 453 g/mol. The summed E-state index contributed by atoms with van der Waals surface area (Å²) in [5.74, 6) is -0.918. The number of nitrogens with one attached hydrogen (secondary N) is 1. The summed E-state index contributed by atoms with van der Waals surface area (Å²) >= 11 is 0. The Morgan fingerprint density at radius 1 is 1.09 bits per heavy atom. The number of sulfonamides is 1. The summed E-state index contributed by atoms with van der Waals surface area (Å²) in [6.07, 6.45) is -6.13. The van der Waals surface area contributed by atoms with E-state index in [1.165, 1.54) is 46.2 Å². The Labute approximate surface area is 182 Å². The number of carbonyl (C=O) groups is 1. The third kappa shape index (κ3) is 5.21. The Kier molecular flexibility index (Phi) is 7.08. The number of nitrogens with zero attached hydrogens (tertiary/aromatic N) is 1. The zero-order valence-electron chi connectivity index (χ0n) is 16.6. The summed E-state index contributed by atoms with van der Waals surface area (Å²) < 4.78 is 71.0. The lowest BCUT2D eigenvalue weighted by atomic mass is 10.1. The van der Waals surface area contributed by atoms with Gasteiger partial charge in [0, 0.05) is 18.7 Å². The molecule has 1 aliphatic heterocycles. The monoisotopic (exact) mass is 474 g/mol. The molecule has 1 aliphatic rings. The van der Waals surface area contributed by atoms with Crippen molar-refractivity contribution in [1.82, 2.24) is 9.79 Å². The first-order valence-corrected chi connectivity index (χ1v) is 11.0. The highest BCUT2D eigenvalue weighted by Gasteiger charge is 2.34. The van der Waals surface area contributed by atoms with Crippen LogP contribution in [0.3, 0.4) is 0 Å². The predicted octanol–water partition coefficient (Wildman–Crippen LogP) is 2.48. The number of carbonyl (C=O) groups excluding carboxylic acids is 1. The SMILES string of the molecule is O=C(NO)C(O)c1ccccc1S(=O)(=O)N1CCC(Oc2ccc(C(F)(F)F)cc2)CC1. The van der Waals surface area contributed by atoms with Crippen molar-refractivity contribution in [3.05, 3.63) is 59.7 Å². The van der Waals surface area contributed by atoms with E-state index in [-0.39, 0.29) is 35.4 Å². The van der Waals surface area contributed by atoms with Gasteiger partial charge < -0.3 is 9.84 Å². The van der Waals surface area contributed by atoms with E-state index in [1.807, 2.05) is 0 Å². The maximum atomic E-state index is 13.1. The van der Waals surface area contributed by atoms with Crippen LogP contribution in [0.2, 0.25) is 0 Å². The third-order valence-corrected chi connectivity index (χ3v) is 7.05. The van der Waals surface area contributed by atoms with Crippen LogP contribution in [0, 0.1) is 0 Å². The van der Waals surface area contributed by atoms with Crippen molar-refractivity contribution in [2.45, 2.75) is 36.1 Å². The molecule has 12 heteroatoms. The molecule has 3 rings (SSSR count). The molecule has 32 heavy (non-hydrogen) atoms. The molecule has 0 saturated carbocycles. The van der Waals surface area contributed by atoms with E-state index in [0.717, 1.165) is 12.1 Å². The van der Waals surface area contributed by atoms with Gasteiger partial charge in [-0.2, -0.15) is 17.5 Å². The Balaban J connectivity index is 1.68. The highest BCUT2D eigenvalue weighted by Crippen LogP contribution is 2.32. The van der Waals surface area contributed by atoms with Gasteiger partial charge in [-0.1, -0.05) is 18.2 Å². The Hall–Kier alpha value is -2.67. The van der Waals surface area contributed by atoms with Crippen molar-refractivity contribution in [2.24, 2.45) is 0 Å². The molecule has 0 radical (unpaired) electrons. The molecule has 0 bridgehead atoms. The fourth-order valence-electron chi connectivity index (χ4n) is 3.39. The van der Waals surface area contributed by atoms with Crippen LogP contribution in [-0.4, -0.2) is 48.1 Å². The molecule has 174 valence electrons. The average molecular weight is 474 g/mol. The van der Waals surface area contributed by atoms with Gasteiger partial charge in [0.15, 0.2) is 6.10 Å². The molecule has 1 fully saturated rings. The molecule has 2 aromatic rings. The fraction of sp³-hybridized carbons (Fsp3) is 0.350. The zero-order valence-corrected chi connectivity index (χ0v) is 17.4. The van der Waals surface area contributed by atoms with E-state index < -0.39 is 33.8 Å². The summed E-state index contributed by atoms with van der Waals surface area (Å²) in [5, 5.41) is 18.8. The highest BCUT2D eigenvalue weighted by atomic mass is 32.2. The number of aliphatic hydroxyl groups excluding tert-OH is 1. The first kappa shape index (κ1) is 24.0. The average Bonchev–Trinajstić information content (AvgIpc) is 2.78. The molecule has 0 spiro atoms. The summed E-state index contributed by atoms with van der Waals surface area (Å²) in [6.45, 7) is 0.147. The quantitative estimate of drug-likeness (QED) is 0.438. The summed E-state index contributed by atoms with van der Waals surface area (Å²) in [7, 11) is -4.07. The minimum absolute atomic E-state index is 0.0737. The lowest BCUT2D eigenvalue weighted by molar-refractivity contribution is -0.138. The number of benzene rings is 2. The second kappa shape index (κ2) is 9.45. The highest BCUT2D eigenvalue weighted by molar-refractivity contribution is 7.89. The van der Waals surface area contributed by atoms with Crippen LogP contribution >= 0.6 is 0 Å². The second-order valence-electron chi connectivity index (χ2n) is 7.16. The summed E-state index contributed by atoms with van der Waals surface area (Å²) in [6, 6.07) is 9.69.